The average Bonchev–Trinajstić information content (AvgIpc) is 2.91. The van der Waals surface area contributed by atoms with Crippen molar-refractivity contribution in [3.63, 3.8) is 0 Å². The van der Waals surface area contributed by atoms with Crippen LogP contribution in [0.25, 0.3) is 0 Å². The number of nitrogens with zero attached hydrogens (tertiary/aromatic N) is 1. The Morgan fingerprint density at radius 1 is 1.19 bits per heavy atom. The van der Waals surface area contributed by atoms with Gasteiger partial charge in [0.25, 0.3) is 0 Å². The van der Waals surface area contributed by atoms with E-state index in [-0.39, 0.29) is 11.3 Å². The monoisotopic (exact) mass is 312 g/mol. The summed E-state index contributed by atoms with van der Waals surface area (Å²) in [7, 11) is -3.38. The van der Waals surface area contributed by atoms with Crippen molar-refractivity contribution >= 4 is 16.0 Å². The SMILES string of the molecule is O=C(O)c1ccc(CS(=O)(=O)NCCN2CCCC2)cc1. The van der Waals surface area contributed by atoms with Crippen molar-refractivity contribution in [1.29, 1.82) is 0 Å². The fraction of sp³-hybridized carbons (Fsp3) is 0.500. The summed E-state index contributed by atoms with van der Waals surface area (Å²) in [6.07, 6.45) is 2.37. The Morgan fingerprint density at radius 2 is 1.81 bits per heavy atom. The van der Waals surface area contributed by atoms with Gasteiger partial charge in [0.05, 0.1) is 11.3 Å². The third kappa shape index (κ3) is 5.11. The number of sulfonamides is 1. The second kappa shape index (κ2) is 7.02. The fourth-order valence-corrected chi connectivity index (χ4v) is 3.52. The van der Waals surface area contributed by atoms with E-state index < -0.39 is 16.0 Å². The van der Waals surface area contributed by atoms with Crippen molar-refractivity contribution in [2.45, 2.75) is 18.6 Å². The first-order chi connectivity index (χ1) is 9.96. The second-order valence-corrected chi connectivity index (χ2v) is 7.01. The Kier molecular flexibility index (Phi) is 5.33. The lowest BCUT2D eigenvalue weighted by Crippen LogP contribution is -2.34. The molecule has 0 bridgehead atoms. The minimum atomic E-state index is -3.38. The number of carboxylic acids is 1. The van der Waals surface area contributed by atoms with Gasteiger partial charge in [-0.05, 0) is 43.6 Å². The summed E-state index contributed by atoms with van der Waals surface area (Å²) in [6.45, 7) is 3.23. The molecule has 116 valence electrons. The maximum absolute atomic E-state index is 11.9. The van der Waals surface area contributed by atoms with E-state index in [9.17, 15) is 13.2 Å². The van der Waals surface area contributed by atoms with Crippen LogP contribution in [0.2, 0.25) is 0 Å². The highest BCUT2D eigenvalue weighted by atomic mass is 32.2. The van der Waals surface area contributed by atoms with E-state index in [1.54, 1.807) is 0 Å². The number of carboxylic acid groups (broad SMARTS) is 1. The highest BCUT2D eigenvalue weighted by Gasteiger charge is 2.14. The van der Waals surface area contributed by atoms with Crippen molar-refractivity contribution in [1.82, 2.24) is 9.62 Å². The summed E-state index contributed by atoms with van der Waals surface area (Å²) in [5.74, 6) is -1.15. The Morgan fingerprint density at radius 3 is 2.38 bits per heavy atom. The first-order valence-corrected chi connectivity index (χ1v) is 8.63. The number of hydrogen-bond donors (Lipinski definition) is 2. The molecule has 2 rings (SSSR count). The number of rotatable bonds is 7. The van der Waals surface area contributed by atoms with Gasteiger partial charge < -0.3 is 10.0 Å². The fourth-order valence-electron chi connectivity index (χ4n) is 2.38. The molecule has 1 heterocycles. The quantitative estimate of drug-likeness (QED) is 0.781. The molecule has 1 aliphatic rings. The Bertz CT molecular complexity index is 577. The zero-order valence-corrected chi connectivity index (χ0v) is 12.6. The summed E-state index contributed by atoms with van der Waals surface area (Å²) >= 11 is 0. The maximum atomic E-state index is 11.9. The molecule has 6 nitrogen and oxygen atoms in total. The van der Waals surface area contributed by atoms with Crippen molar-refractivity contribution in [2.24, 2.45) is 0 Å². The van der Waals surface area contributed by atoms with Crippen LogP contribution >= 0.6 is 0 Å². The van der Waals surface area contributed by atoms with Crippen LogP contribution in [-0.2, 0) is 15.8 Å². The number of likely N-dealkylation sites (tertiary alicyclic amines) is 1. The smallest absolute Gasteiger partial charge is 0.335 e. The van der Waals surface area contributed by atoms with Crippen LogP contribution in [0.4, 0.5) is 0 Å². The molecule has 1 aromatic carbocycles. The number of nitrogens with one attached hydrogen (secondary N) is 1. The highest BCUT2D eigenvalue weighted by Crippen LogP contribution is 2.09. The highest BCUT2D eigenvalue weighted by molar-refractivity contribution is 7.88. The van der Waals surface area contributed by atoms with Crippen LogP contribution in [0.3, 0.4) is 0 Å². The van der Waals surface area contributed by atoms with Gasteiger partial charge >= 0.3 is 5.97 Å². The van der Waals surface area contributed by atoms with Crippen LogP contribution in [0, 0.1) is 0 Å². The van der Waals surface area contributed by atoms with Crippen LogP contribution in [0.1, 0.15) is 28.8 Å². The van der Waals surface area contributed by atoms with Crippen LogP contribution in [-0.4, -0.2) is 50.6 Å². The molecule has 21 heavy (non-hydrogen) atoms. The van der Waals surface area contributed by atoms with Gasteiger partial charge in [-0.25, -0.2) is 17.9 Å². The van der Waals surface area contributed by atoms with Crippen molar-refractivity contribution in [3.05, 3.63) is 35.4 Å². The average molecular weight is 312 g/mol. The molecule has 1 aliphatic heterocycles. The van der Waals surface area contributed by atoms with E-state index in [4.69, 9.17) is 5.11 Å². The second-order valence-electron chi connectivity index (χ2n) is 5.20. The molecule has 1 saturated heterocycles. The minimum absolute atomic E-state index is 0.132. The topological polar surface area (TPSA) is 86.7 Å². The molecule has 7 heteroatoms. The maximum Gasteiger partial charge on any atom is 0.335 e. The van der Waals surface area contributed by atoms with E-state index in [0.717, 1.165) is 19.6 Å². The molecule has 0 atom stereocenters. The van der Waals surface area contributed by atoms with E-state index in [1.807, 2.05) is 0 Å². The lowest BCUT2D eigenvalue weighted by atomic mass is 10.1. The third-order valence-electron chi connectivity index (χ3n) is 3.51. The standard InChI is InChI=1S/C14H20N2O4S/c17-14(18)13-5-3-12(4-6-13)11-21(19,20)15-7-10-16-8-1-2-9-16/h3-6,15H,1-2,7-11H2,(H,17,18). The lowest BCUT2D eigenvalue weighted by molar-refractivity contribution is 0.0697. The molecule has 0 unspecified atom stereocenters. The Labute approximate surface area is 124 Å². The lowest BCUT2D eigenvalue weighted by Gasteiger charge is -2.14. The van der Waals surface area contributed by atoms with Crippen LogP contribution in [0.5, 0.6) is 0 Å². The summed E-state index contributed by atoms with van der Waals surface area (Å²) < 4.78 is 26.5. The van der Waals surface area contributed by atoms with E-state index in [0.29, 0.717) is 12.1 Å². The van der Waals surface area contributed by atoms with E-state index in [2.05, 4.69) is 9.62 Å². The first kappa shape index (κ1) is 15.9. The summed E-state index contributed by atoms with van der Waals surface area (Å²) in [5.41, 5.74) is 0.729. The van der Waals surface area contributed by atoms with Gasteiger partial charge in [-0.1, -0.05) is 12.1 Å². The number of benzene rings is 1. The molecule has 0 aliphatic carbocycles. The molecule has 0 radical (unpaired) electrons. The molecule has 0 spiro atoms. The first-order valence-electron chi connectivity index (χ1n) is 6.98. The van der Waals surface area contributed by atoms with E-state index in [1.165, 1.54) is 37.1 Å². The van der Waals surface area contributed by atoms with Crippen molar-refractivity contribution in [2.75, 3.05) is 26.2 Å². The van der Waals surface area contributed by atoms with E-state index >= 15 is 0 Å². The van der Waals surface area contributed by atoms with Gasteiger partial charge in [-0.2, -0.15) is 0 Å². The molecule has 2 N–H and O–H groups in total. The number of hydrogen-bond acceptors (Lipinski definition) is 4. The minimum Gasteiger partial charge on any atom is -0.478 e. The predicted octanol–water partition coefficient (Wildman–Crippen LogP) is 0.900. The van der Waals surface area contributed by atoms with Gasteiger partial charge in [0, 0.05) is 13.1 Å². The van der Waals surface area contributed by atoms with Gasteiger partial charge in [-0.15, -0.1) is 0 Å². The molecule has 0 aromatic heterocycles. The normalized spacial score (nSPS) is 16.2. The van der Waals surface area contributed by atoms with Crippen LogP contribution < -0.4 is 4.72 Å². The largest absolute Gasteiger partial charge is 0.478 e. The molecule has 0 saturated carbocycles. The third-order valence-corrected chi connectivity index (χ3v) is 4.86. The molecular weight excluding hydrogens is 292 g/mol. The van der Waals surface area contributed by atoms with Crippen molar-refractivity contribution in [3.8, 4) is 0 Å². The summed E-state index contributed by atoms with van der Waals surface area (Å²) in [6, 6.07) is 5.89. The Balaban J connectivity index is 1.83. The molecule has 0 amide bonds. The predicted molar refractivity (Wildman–Crippen MR) is 79.7 cm³/mol. The molecule has 1 fully saturated rings. The number of carbonyl (C=O) groups is 1. The molecule has 1 aromatic rings. The molecular formula is C14H20N2O4S. The van der Waals surface area contributed by atoms with Gasteiger partial charge in [0.1, 0.15) is 0 Å². The zero-order chi connectivity index (χ0) is 15.3. The summed E-state index contributed by atoms with van der Waals surface area (Å²) in [5, 5.41) is 8.79. The summed E-state index contributed by atoms with van der Waals surface area (Å²) in [4.78, 5) is 13.0. The van der Waals surface area contributed by atoms with Crippen LogP contribution in [0.15, 0.2) is 24.3 Å². The zero-order valence-electron chi connectivity index (χ0n) is 11.8. The van der Waals surface area contributed by atoms with Gasteiger partial charge in [0.15, 0.2) is 0 Å². The number of aromatic carboxylic acids is 1. The Hall–Kier alpha value is -1.44. The van der Waals surface area contributed by atoms with Gasteiger partial charge in [-0.3, -0.25) is 0 Å². The van der Waals surface area contributed by atoms with Crippen molar-refractivity contribution < 1.29 is 18.3 Å². The van der Waals surface area contributed by atoms with Gasteiger partial charge in [0.2, 0.25) is 10.0 Å².